The lowest BCUT2D eigenvalue weighted by Crippen LogP contribution is -2.18. The van der Waals surface area contributed by atoms with Gasteiger partial charge in [0.2, 0.25) is 0 Å². The molecule has 1 amide bonds. The van der Waals surface area contributed by atoms with E-state index in [0.717, 1.165) is 5.69 Å². The van der Waals surface area contributed by atoms with Gasteiger partial charge < -0.3 is 21.1 Å². The third-order valence-corrected chi connectivity index (χ3v) is 2.85. The smallest absolute Gasteiger partial charge is 0.257 e. The average molecular weight is 271 g/mol. The van der Waals surface area contributed by atoms with Crippen LogP contribution in [0.3, 0.4) is 0 Å². The molecule has 2 aromatic rings. The molecule has 0 aliphatic heterocycles. The maximum Gasteiger partial charge on any atom is 0.257 e. The van der Waals surface area contributed by atoms with Gasteiger partial charge in [0.1, 0.15) is 5.75 Å². The molecule has 0 unspecified atom stereocenters. The molecular formula is C15H17N3O2. The molecule has 0 fully saturated rings. The lowest BCUT2D eigenvalue weighted by atomic mass is 10.1. The first kappa shape index (κ1) is 13.7. The van der Waals surface area contributed by atoms with Crippen molar-refractivity contribution in [1.29, 1.82) is 0 Å². The highest BCUT2D eigenvalue weighted by Crippen LogP contribution is 2.23. The van der Waals surface area contributed by atoms with Crippen LogP contribution in [0.2, 0.25) is 0 Å². The summed E-state index contributed by atoms with van der Waals surface area (Å²) in [6, 6.07) is 11.6. The number of benzene rings is 2. The molecule has 5 heteroatoms. The van der Waals surface area contributed by atoms with Gasteiger partial charge in [-0.2, -0.15) is 0 Å². The van der Waals surface area contributed by atoms with Gasteiger partial charge in [0.25, 0.3) is 5.91 Å². The lowest BCUT2D eigenvalue weighted by Gasteiger charge is -2.17. The summed E-state index contributed by atoms with van der Waals surface area (Å²) in [5.74, 6) is -0.171. The molecule has 0 spiro atoms. The number of carbonyl (C=O) groups excluding carboxylic acids is 1. The topological polar surface area (TPSA) is 78.6 Å². The van der Waals surface area contributed by atoms with E-state index < -0.39 is 0 Å². The Balaban J connectivity index is 2.31. The molecular weight excluding hydrogens is 254 g/mol. The van der Waals surface area contributed by atoms with Gasteiger partial charge in [0, 0.05) is 37.2 Å². The minimum atomic E-state index is -0.272. The number of aromatic hydroxyl groups is 1. The molecule has 0 aromatic heterocycles. The highest BCUT2D eigenvalue weighted by molar-refractivity contribution is 6.08. The summed E-state index contributed by atoms with van der Waals surface area (Å²) in [5.41, 5.74) is 8.06. The van der Waals surface area contributed by atoms with Gasteiger partial charge in [-0.05, 0) is 30.3 Å². The molecule has 4 N–H and O–H groups in total. The number of phenolic OH excluding ortho intramolecular Hbond substituents is 1. The average Bonchev–Trinajstić information content (AvgIpc) is 2.38. The summed E-state index contributed by atoms with van der Waals surface area (Å²) >= 11 is 0. The number of carbonyl (C=O) groups is 1. The minimum Gasteiger partial charge on any atom is -0.508 e. The molecule has 2 aromatic carbocycles. The van der Waals surface area contributed by atoms with Crippen molar-refractivity contribution in [3.63, 3.8) is 0 Å². The highest BCUT2D eigenvalue weighted by Gasteiger charge is 2.13. The Morgan fingerprint density at radius 3 is 2.60 bits per heavy atom. The summed E-state index contributed by atoms with van der Waals surface area (Å²) in [5, 5.41) is 12.1. The van der Waals surface area contributed by atoms with Crippen LogP contribution >= 0.6 is 0 Å². The van der Waals surface area contributed by atoms with E-state index in [1.807, 2.05) is 19.0 Å². The largest absolute Gasteiger partial charge is 0.508 e. The van der Waals surface area contributed by atoms with E-state index in [-0.39, 0.29) is 11.7 Å². The number of anilines is 3. The third kappa shape index (κ3) is 3.00. The first-order valence-corrected chi connectivity index (χ1v) is 6.14. The number of hydrogen-bond acceptors (Lipinski definition) is 4. The summed E-state index contributed by atoms with van der Waals surface area (Å²) < 4.78 is 0. The molecule has 0 saturated heterocycles. The number of nitrogens with one attached hydrogen (secondary N) is 1. The zero-order valence-electron chi connectivity index (χ0n) is 11.4. The summed E-state index contributed by atoms with van der Waals surface area (Å²) in [6.07, 6.45) is 0. The fourth-order valence-electron chi connectivity index (χ4n) is 1.91. The molecule has 0 heterocycles. The van der Waals surface area contributed by atoms with Crippen molar-refractivity contribution in [3.8, 4) is 5.75 Å². The number of phenols is 1. The van der Waals surface area contributed by atoms with E-state index in [0.29, 0.717) is 16.9 Å². The molecule has 0 aliphatic carbocycles. The molecule has 0 atom stereocenters. The quantitative estimate of drug-likeness (QED) is 0.748. The van der Waals surface area contributed by atoms with Gasteiger partial charge >= 0.3 is 0 Å². The van der Waals surface area contributed by atoms with Crippen molar-refractivity contribution in [3.05, 3.63) is 48.0 Å². The van der Waals surface area contributed by atoms with Crippen molar-refractivity contribution in [2.45, 2.75) is 0 Å². The Kier molecular flexibility index (Phi) is 3.79. The van der Waals surface area contributed by atoms with E-state index in [4.69, 9.17) is 5.73 Å². The molecule has 0 bridgehead atoms. The molecule has 2 rings (SSSR count). The van der Waals surface area contributed by atoms with Crippen LogP contribution in [0.5, 0.6) is 5.75 Å². The predicted octanol–water partition coefficient (Wildman–Crippen LogP) is 2.29. The van der Waals surface area contributed by atoms with Gasteiger partial charge in [0.05, 0.1) is 5.56 Å². The summed E-state index contributed by atoms with van der Waals surface area (Å²) in [6.45, 7) is 0. The monoisotopic (exact) mass is 271 g/mol. The highest BCUT2D eigenvalue weighted by atomic mass is 16.3. The normalized spacial score (nSPS) is 10.1. The SMILES string of the molecule is CN(C)c1ccc(N)cc1C(=O)Nc1cccc(O)c1. The predicted molar refractivity (Wildman–Crippen MR) is 81.2 cm³/mol. The van der Waals surface area contributed by atoms with Crippen LogP contribution in [-0.2, 0) is 0 Å². The molecule has 20 heavy (non-hydrogen) atoms. The minimum absolute atomic E-state index is 0.100. The fraction of sp³-hybridized carbons (Fsp3) is 0.133. The number of nitrogens with zero attached hydrogens (tertiary/aromatic N) is 1. The second-order valence-electron chi connectivity index (χ2n) is 4.68. The van der Waals surface area contributed by atoms with Crippen LogP contribution in [-0.4, -0.2) is 25.1 Å². The van der Waals surface area contributed by atoms with Crippen LogP contribution in [0.25, 0.3) is 0 Å². The van der Waals surface area contributed by atoms with Crippen molar-refractivity contribution in [2.75, 3.05) is 30.0 Å². The van der Waals surface area contributed by atoms with E-state index >= 15 is 0 Å². The van der Waals surface area contributed by atoms with Crippen LogP contribution in [0.1, 0.15) is 10.4 Å². The fourth-order valence-corrected chi connectivity index (χ4v) is 1.91. The first-order chi connectivity index (χ1) is 9.47. The van der Waals surface area contributed by atoms with Crippen LogP contribution < -0.4 is 16.0 Å². The summed E-state index contributed by atoms with van der Waals surface area (Å²) in [4.78, 5) is 14.2. The Morgan fingerprint density at radius 2 is 1.95 bits per heavy atom. The van der Waals surface area contributed by atoms with E-state index in [1.165, 1.54) is 6.07 Å². The molecule has 0 saturated carbocycles. The van der Waals surface area contributed by atoms with Gasteiger partial charge in [-0.25, -0.2) is 0 Å². The second kappa shape index (κ2) is 5.52. The zero-order chi connectivity index (χ0) is 14.7. The number of nitrogens with two attached hydrogens (primary N) is 1. The number of rotatable bonds is 3. The third-order valence-electron chi connectivity index (χ3n) is 2.85. The van der Waals surface area contributed by atoms with Crippen LogP contribution in [0, 0.1) is 0 Å². The summed E-state index contributed by atoms with van der Waals surface area (Å²) in [7, 11) is 3.72. The first-order valence-electron chi connectivity index (χ1n) is 6.14. The maximum atomic E-state index is 12.3. The van der Waals surface area contributed by atoms with Gasteiger partial charge in [-0.15, -0.1) is 0 Å². The van der Waals surface area contributed by atoms with E-state index in [2.05, 4.69) is 5.32 Å². The van der Waals surface area contributed by atoms with Crippen molar-refractivity contribution in [1.82, 2.24) is 0 Å². The van der Waals surface area contributed by atoms with Gasteiger partial charge in [0.15, 0.2) is 0 Å². The number of nitrogen functional groups attached to an aromatic ring is 1. The molecule has 5 nitrogen and oxygen atoms in total. The number of hydrogen-bond donors (Lipinski definition) is 3. The van der Waals surface area contributed by atoms with Crippen molar-refractivity contribution < 1.29 is 9.90 Å². The van der Waals surface area contributed by atoms with Crippen LogP contribution in [0.4, 0.5) is 17.1 Å². The zero-order valence-corrected chi connectivity index (χ0v) is 11.4. The number of amides is 1. The van der Waals surface area contributed by atoms with E-state index in [1.54, 1.807) is 36.4 Å². The van der Waals surface area contributed by atoms with E-state index in [9.17, 15) is 9.90 Å². The molecule has 0 aliphatic rings. The lowest BCUT2D eigenvalue weighted by molar-refractivity contribution is 0.102. The Labute approximate surface area is 117 Å². The molecule has 104 valence electrons. The van der Waals surface area contributed by atoms with Crippen molar-refractivity contribution >= 4 is 23.0 Å². The van der Waals surface area contributed by atoms with Crippen LogP contribution in [0.15, 0.2) is 42.5 Å². The Bertz CT molecular complexity index is 639. The van der Waals surface area contributed by atoms with Gasteiger partial charge in [-0.3, -0.25) is 4.79 Å². The standard InChI is InChI=1S/C15H17N3O2/c1-18(2)14-7-6-10(16)8-13(14)15(20)17-11-4-3-5-12(19)9-11/h3-9,19H,16H2,1-2H3,(H,17,20). The Hall–Kier alpha value is -2.69. The van der Waals surface area contributed by atoms with Crippen molar-refractivity contribution in [2.24, 2.45) is 0 Å². The van der Waals surface area contributed by atoms with Gasteiger partial charge in [-0.1, -0.05) is 6.07 Å². The Morgan fingerprint density at radius 1 is 1.20 bits per heavy atom. The second-order valence-corrected chi connectivity index (χ2v) is 4.68. The maximum absolute atomic E-state index is 12.3. The molecule has 0 radical (unpaired) electrons.